The number of hydrogen-bond donors (Lipinski definition) is 3. The number of aromatic amines is 1. The SMILES string of the molecule is N=C(N=NN)c1cc2c(=O)[nH]cnc2cn1. The Morgan fingerprint density at radius 3 is 3.06 bits per heavy atom. The molecule has 0 amide bonds. The van der Waals surface area contributed by atoms with Crippen molar-refractivity contribution >= 4 is 16.7 Å². The Labute approximate surface area is 88.7 Å². The van der Waals surface area contributed by atoms with Gasteiger partial charge in [-0.2, -0.15) is 0 Å². The third-order valence-corrected chi connectivity index (χ3v) is 1.93. The highest BCUT2D eigenvalue weighted by Crippen LogP contribution is 2.06. The first-order chi connectivity index (χ1) is 7.72. The number of fused-ring (bicyclic) bond motifs is 1. The number of aromatic nitrogens is 3. The molecule has 8 heteroatoms. The van der Waals surface area contributed by atoms with Gasteiger partial charge in [0, 0.05) is 0 Å². The number of nitrogens with two attached hydrogens (primary N) is 1. The average molecular weight is 217 g/mol. The van der Waals surface area contributed by atoms with Crippen molar-refractivity contribution in [3.8, 4) is 0 Å². The van der Waals surface area contributed by atoms with E-state index in [0.29, 0.717) is 10.9 Å². The lowest BCUT2D eigenvalue weighted by molar-refractivity contribution is 1.06. The van der Waals surface area contributed by atoms with Crippen molar-refractivity contribution in [3.63, 3.8) is 0 Å². The van der Waals surface area contributed by atoms with Crippen LogP contribution in [0.2, 0.25) is 0 Å². The lowest BCUT2D eigenvalue weighted by Crippen LogP contribution is -2.08. The number of pyridine rings is 1. The molecule has 16 heavy (non-hydrogen) atoms. The molecule has 2 aromatic rings. The Morgan fingerprint density at radius 1 is 1.50 bits per heavy atom. The molecule has 0 fully saturated rings. The molecule has 80 valence electrons. The molecular weight excluding hydrogens is 210 g/mol. The highest BCUT2D eigenvalue weighted by molar-refractivity contribution is 5.97. The fourth-order valence-corrected chi connectivity index (χ4v) is 1.21. The average Bonchev–Trinajstić information content (AvgIpc) is 2.29. The van der Waals surface area contributed by atoms with Gasteiger partial charge in [-0.15, -0.1) is 5.11 Å². The summed E-state index contributed by atoms with van der Waals surface area (Å²) in [5.41, 5.74) is 0.358. The number of H-pyrrole nitrogens is 1. The first kappa shape index (κ1) is 9.90. The van der Waals surface area contributed by atoms with E-state index in [0.717, 1.165) is 0 Å². The van der Waals surface area contributed by atoms with Gasteiger partial charge in [0.15, 0.2) is 5.84 Å². The molecule has 0 saturated heterocycles. The Kier molecular flexibility index (Phi) is 2.38. The monoisotopic (exact) mass is 217 g/mol. The van der Waals surface area contributed by atoms with Crippen LogP contribution in [0.5, 0.6) is 0 Å². The van der Waals surface area contributed by atoms with E-state index in [1.54, 1.807) is 0 Å². The number of amidine groups is 1. The van der Waals surface area contributed by atoms with Crippen molar-refractivity contribution in [2.45, 2.75) is 0 Å². The van der Waals surface area contributed by atoms with Gasteiger partial charge < -0.3 is 10.8 Å². The van der Waals surface area contributed by atoms with Gasteiger partial charge in [-0.3, -0.25) is 15.2 Å². The number of nitrogens with one attached hydrogen (secondary N) is 2. The maximum Gasteiger partial charge on any atom is 0.258 e. The van der Waals surface area contributed by atoms with Crippen LogP contribution in [0.3, 0.4) is 0 Å². The fraction of sp³-hybridized carbons (Fsp3) is 0. The Balaban J connectivity index is 2.64. The summed E-state index contributed by atoms with van der Waals surface area (Å²) in [6, 6.07) is 1.41. The van der Waals surface area contributed by atoms with E-state index in [2.05, 4.69) is 25.3 Å². The molecule has 0 aliphatic carbocycles. The molecular formula is C8H7N7O. The molecule has 0 aliphatic rings. The standard InChI is InChI=1S/C8H7N7O/c9-7(14-15-10)5-1-4-6(2-11-5)12-3-13-8(4)16/h1-3H,(H3,9,10,14)(H,12,13,16). The second-order valence-electron chi connectivity index (χ2n) is 2.88. The minimum atomic E-state index is -0.300. The highest BCUT2D eigenvalue weighted by Gasteiger charge is 2.06. The van der Waals surface area contributed by atoms with Crippen LogP contribution in [0.15, 0.2) is 33.7 Å². The van der Waals surface area contributed by atoms with Gasteiger partial charge in [-0.25, -0.2) is 4.98 Å². The van der Waals surface area contributed by atoms with E-state index in [4.69, 9.17) is 11.3 Å². The minimum absolute atomic E-state index is 0.209. The fourth-order valence-electron chi connectivity index (χ4n) is 1.21. The van der Waals surface area contributed by atoms with E-state index in [-0.39, 0.29) is 17.1 Å². The van der Waals surface area contributed by atoms with Gasteiger partial charge in [-0.1, -0.05) is 5.22 Å². The molecule has 8 nitrogen and oxygen atoms in total. The van der Waals surface area contributed by atoms with E-state index >= 15 is 0 Å². The van der Waals surface area contributed by atoms with E-state index in [1.165, 1.54) is 18.6 Å². The largest absolute Gasteiger partial charge is 0.313 e. The van der Waals surface area contributed by atoms with Gasteiger partial charge in [0.2, 0.25) is 0 Å². The van der Waals surface area contributed by atoms with Crippen LogP contribution in [0.1, 0.15) is 5.69 Å². The zero-order valence-electron chi connectivity index (χ0n) is 8.01. The van der Waals surface area contributed by atoms with Crippen molar-refractivity contribution < 1.29 is 0 Å². The topological polar surface area (TPSA) is 133 Å². The van der Waals surface area contributed by atoms with Gasteiger partial charge >= 0.3 is 0 Å². The molecule has 0 atom stereocenters. The van der Waals surface area contributed by atoms with Crippen molar-refractivity contribution in [3.05, 3.63) is 34.6 Å². The van der Waals surface area contributed by atoms with E-state index in [9.17, 15) is 4.79 Å². The summed E-state index contributed by atoms with van der Waals surface area (Å²) in [6.07, 6.45) is 2.68. The van der Waals surface area contributed by atoms with Crippen molar-refractivity contribution in [2.75, 3.05) is 0 Å². The first-order valence-corrected chi connectivity index (χ1v) is 4.25. The molecule has 0 spiro atoms. The molecule has 0 radical (unpaired) electrons. The van der Waals surface area contributed by atoms with Crippen LogP contribution in [0, 0.1) is 5.41 Å². The van der Waals surface area contributed by atoms with Crippen LogP contribution in [-0.2, 0) is 0 Å². The molecule has 2 heterocycles. The molecule has 4 N–H and O–H groups in total. The molecule has 0 aromatic carbocycles. The molecule has 0 unspecified atom stereocenters. The Bertz CT molecular complexity index is 630. The summed E-state index contributed by atoms with van der Waals surface area (Å²) >= 11 is 0. The van der Waals surface area contributed by atoms with Gasteiger partial charge in [0.25, 0.3) is 5.56 Å². The highest BCUT2D eigenvalue weighted by atomic mass is 16.1. The molecule has 0 bridgehead atoms. The van der Waals surface area contributed by atoms with Crippen LogP contribution in [0.25, 0.3) is 10.9 Å². The first-order valence-electron chi connectivity index (χ1n) is 4.25. The van der Waals surface area contributed by atoms with Crippen molar-refractivity contribution in [2.24, 2.45) is 16.2 Å². The third kappa shape index (κ3) is 1.63. The normalized spacial score (nSPS) is 11.0. The predicted molar refractivity (Wildman–Crippen MR) is 56.0 cm³/mol. The summed E-state index contributed by atoms with van der Waals surface area (Å²) in [6.45, 7) is 0. The van der Waals surface area contributed by atoms with Crippen LogP contribution in [-0.4, -0.2) is 20.8 Å². The van der Waals surface area contributed by atoms with Crippen LogP contribution < -0.4 is 11.4 Å². The molecule has 0 saturated carbocycles. The number of nitrogens with zero attached hydrogens (tertiary/aromatic N) is 4. The third-order valence-electron chi connectivity index (χ3n) is 1.93. The predicted octanol–water partition coefficient (Wildman–Crippen LogP) is -0.0306. The summed E-state index contributed by atoms with van der Waals surface area (Å²) in [5.74, 6) is 4.60. The summed E-state index contributed by atoms with van der Waals surface area (Å²) in [7, 11) is 0. The van der Waals surface area contributed by atoms with Gasteiger partial charge in [0.1, 0.15) is 5.69 Å². The van der Waals surface area contributed by atoms with E-state index in [1.807, 2.05) is 0 Å². The minimum Gasteiger partial charge on any atom is -0.313 e. The second-order valence-corrected chi connectivity index (χ2v) is 2.88. The Morgan fingerprint density at radius 2 is 2.31 bits per heavy atom. The smallest absolute Gasteiger partial charge is 0.258 e. The number of hydrogen-bond acceptors (Lipinski definition) is 5. The van der Waals surface area contributed by atoms with Crippen molar-refractivity contribution in [1.82, 2.24) is 15.0 Å². The van der Waals surface area contributed by atoms with E-state index < -0.39 is 0 Å². The van der Waals surface area contributed by atoms with Gasteiger partial charge in [-0.05, 0) is 6.07 Å². The van der Waals surface area contributed by atoms with Gasteiger partial charge in [0.05, 0.1) is 23.4 Å². The molecule has 0 aliphatic heterocycles. The zero-order valence-corrected chi connectivity index (χ0v) is 8.01. The summed E-state index contributed by atoms with van der Waals surface area (Å²) < 4.78 is 0. The maximum absolute atomic E-state index is 11.4. The van der Waals surface area contributed by atoms with Crippen molar-refractivity contribution in [1.29, 1.82) is 5.41 Å². The molecule has 2 rings (SSSR count). The summed E-state index contributed by atoms with van der Waals surface area (Å²) in [5, 5.41) is 14.1. The molecule has 2 aromatic heterocycles. The van der Waals surface area contributed by atoms with Crippen LogP contribution >= 0.6 is 0 Å². The Hall–Kier alpha value is -2.64. The summed E-state index contributed by atoms with van der Waals surface area (Å²) in [4.78, 5) is 21.7. The maximum atomic E-state index is 11.4. The zero-order chi connectivity index (χ0) is 11.5. The quantitative estimate of drug-likeness (QED) is 0.203. The lowest BCUT2D eigenvalue weighted by atomic mass is 10.2. The number of rotatable bonds is 1. The second kappa shape index (κ2) is 3.85. The lowest BCUT2D eigenvalue weighted by Gasteiger charge is -1.98. The van der Waals surface area contributed by atoms with Crippen LogP contribution in [0.4, 0.5) is 0 Å².